The zero-order valence-corrected chi connectivity index (χ0v) is 19.7. The number of para-hydroxylation sites is 1. The first-order valence-electron chi connectivity index (χ1n) is 10.7. The summed E-state index contributed by atoms with van der Waals surface area (Å²) in [4.78, 5) is 28.6. The minimum absolute atomic E-state index is 0.0455. The zero-order valence-electron chi connectivity index (χ0n) is 18.1. The molecule has 2 aromatic carbocycles. The van der Waals surface area contributed by atoms with Crippen molar-refractivity contribution in [2.75, 3.05) is 31.2 Å². The first kappa shape index (κ1) is 23.3. The van der Waals surface area contributed by atoms with Crippen LogP contribution in [0.15, 0.2) is 47.4 Å². The Labute approximate surface area is 201 Å². The van der Waals surface area contributed by atoms with Crippen LogP contribution in [0.3, 0.4) is 0 Å². The fourth-order valence-electron chi connectivity index (χ4n) is 3.66. The Hall–Kier alpha value is -2.91. The Bertz CT molecular complexity index is 1120. The largest absolute Gasteiger partial charge is 0.490 e. The first-order valence-corrected chi connectivity index (χ1v) is 11.9. The van der Waals surface area contributed by atoms with Gasteiger partial charge in [0.2, 0.25) is 0 Å². The molecule has 0 unspecified atom stereocenters. The second kappa shape index (κ2) is 10.4. The van der Waals surface area contributed by atoms with Crippen LogP contribution in [0.25, 0.3) is 6.08 Å². The maximum atomic E-state index is 14.2. The number of anilines is 1. The number of ether oxygens (including phenoxy) is 2. The van der Waals surface area contributed by atoms with Gasteiger partial charge >= 0.3 is 0 Å². The summed E-state index contributed by atoms with van der Waals surface area (Å²) in [6.45, 7) is 3.75. The third-order valence-electron chi connectivity index (χ3n) is 5.26. The third kappa shape index (κ3) is 5.20. The highest BCUT2D eigenvalue weighted by molar-refractivity contribution is 8.27. The molecule has 2 fully saturated rings. The van der Waals surface area contributed by atoms with Crippen molar-refractivity contribution in [1.82, 2.24) is 4.90 Å². The number of hydrogen-bond donors (Lipinski definition) is 0. The molecule has 2 aliphatic heterocycles. The predicted molar refractivity (Wildman–Crippen MR) is 131 cm³/mol. The minimum Gasteiger partial charge on any atom is -0.490 e. The summed E-state index contributed by atoms with van der Waals surface area (Å²) < 4.78 is 25.9. The van der Waals surface area contributed by atoms with Crippen LogP contribution in [0.2, 0.25) is 0 Å². The molecule has 6 nitrogen and oxygen atoms in total. The van der Waals surface area contributed by atoms with Gasteiger partial charge in [-0.15, -0.1) is 0 Å². The number of halogens is 1. The molecule has 0 spiro atoms. The highest BCUT2D eigenvalue weighted by atomic mass is 32.2. The Kier molecular flexibility index (Phi) is 7.29. The average molecular weight is 487 g/mol. The van der Waals surface area contributed by atoms with Crippen LogP contribution in [0, 0.1) is 5.82 Å². The van der Waals surface area contributed by atoms with Crippen LogP contribution >= 0.6 is 24.0 Å². The lowest BCUT2D eigenvalue weighted by molar-refractivity contribution is -0.132. The van der Waals surface area contributed by atoms with Crippen LogP contribution in [0.4, 0.5) is 10.1 Å². The fraction of sp³-hybridized carbons (Fsp3) is 0.292. The van der Waals surface area contributed by atoms with E-state index >= 15 is 0 Å². The van der Waals surface area contributed by atoms with E-state index in [0.717, 1.165) is 37.7 Å². The van der Waals surface area contributed by atoms with Gasteiger partial charge in [-0.3, -0.25) is 14.5 Å². The van der Waals surface area contributed by atoms with Crippen LogP contribution in [0.5, 0.6) is 11.5 Å². The molecule has 2 aromatic rings. The average Bonchev–Trinajstić information content (AvgIpc) is 3.43. The van der Waals surface area contributed by atoms with Gasteiger partial charge in [-0.2, -0.15) is 0 Å². The van der Waals surface area contributed by atoms with Crippen LogP contribution in [0.1, 0.15) is 25.3 Å². The van der Waals surface area contributed by atoms with Gasteiger partial charge in [0, 0.05) is 13.1 Å². The number of thiocarbonyl (C=S) groups is 1. The molecule has 9 heteroatoms. The summed E-state index contributed by atoms with van der Waals surface area (Å²) in [5, 5.41) is 0. The van der Waals surface area contributed by atoms with Crippen molar-refractivity contribution in [2.24, 2.45) is 0 Å². The highest BCUT2D eigenvalue weighted by Crippen LogP contribution is 2.38. The second-order valence-corrected chi connectivity index (χ2v) is 9.16. The first-order chi connectivity index (χ1) is 16.0. The Morgan fingerprint density at radius 2 is 1.91 bits per heavy atom. The van der Waals surface area contributed by atoms with Gasteiger partial charge in [0.1, 0.15) is 5.82 Å². The molecular weight excluding hydrogens is 463 g/mol. The van der Waals surface area contributed by atoms with E-state index in [2.05, 4.69) is 0 Å². The van der Waals surface area contributed by atoms with Gasteiger partial charge in [0.05, 0.1) is 17.2 Å². The van der Waals surface area contributed by atoms with E-state index in [-0.39, 0.29) is 28.4 Å². The maximum absolute atomic E-state index is 14.2. The number of likely N-dealkylation sites (tertiary alicyclic amines) is 1. The molecule has 33 heavy (non-hydrogen) atoms. The number of hydrogen-bond acceptors (Lipinski definition) is 6. The molecule has 4 rings (SSSR count). The number of carbonyl (C=O) groups excluding carboxylic acids is 2. The SMILES string of the molecule is CCOc1cc(/C=C2/SC(=S)N(c3ccccc3F)C2=O)ccc1OCC(=O)N1CCCC1. The summed E-state index contributed by atoms with van der Waals surface area (Å²) in [5.74, 6) is -0.00962. The molecule has 2 amide bonds. The molecule has 0 bridgehead atoms. The molecule has 0 N–H and O–H groups in total. The van der Waals surface area contributed by atoms with E-state index in [9.17, 15) is 14.0 Å². The van der Waals surface area contributed by atoms with Crippen LogP contribution in [-0.4, -0.2) is 47.3 Å². The summed E-state index contributed by atoms with van der Waals surface area (Å²) in [6, 6.07) is 11.3. The monoisotopic (exact) mass is 486 g/mol. The lowest BCUT2D eigenvalue weighted by Crippen LogP contribution is -2.32. The minimum atomic E-state index is -0.515. The van der Waals surface area contributed by atoms with Crippen molar-refractivity contribution in [3.63, 3.8) is 0 Å². The standard InChI is InChI=1S/C24H23FN2O4S2/c1-2-30-20-13-16(9-10-19(20)31-15-22(28)26-11-5-6-12-26)14-21-23(29)27(24(32)33-21)18-8-4-3-7-17(18)25/h3-4,7-10,13-14H,2,5-6,11-12,15H2,1H3/b21-14+. The molecule has 2 saturated heterocycles. The molecule has 0 aromatic heterocycles. The number of thioether (sulfide) groups is 1. The van der Waals surface area contributed by atoms with Gasteiger partial charge in [-0.25, -0.2) is 4.39 Å². The molecule has 0 atom stereocenters. The molecular formula is C24H23FN2O4S2. The highest BCUT2D eigenvalue weighted by Gasteiger charge is 2.34. The van der Waals surface area contributed by atoms with E-state index in [1.165, 1.54) is 17.0 Å². The number of nitrogens with zero attached hydrogens (tertiary/aromatic N) is 2. The lowest BCUT2D eigenvalue weighted by atomic mass is 10.1. The smallest absolute Gasteiger partial charge is 0.270 e. The van der Waals surface area contributed by atoms with E-state index in [0.29, 0.717) is 28.6 Å². The van der Waals surface area contributed by atoms with Crippen molar-refractivity contribution >= 4 is 51.9 Å². The number of carbonyl (C=O) groups is 2. The van der Waals surface area contributed by atoms with Crippen molar-refractivity contribution in [3.8, 4) is 11.5 Å². The predicted octanol–water partition coefficient (Wildman–Crippen LogP) is 4.63. The molecule has 2 heterocycles. The van der Waals surface area contributed by atoms with Crippen molar-refractivity contribution in [3.05, 3.63) is 58.8 Å². The van der Waals surface area contributed by atoms with Gasteiger partial charge < -0.3 is 14.4 Å². The van der Waals surface area contributed by atoms with Gasteiger partial charge in [0.25, 0.3) is 11.8 Å². The molecule has 2 aliphatic rings. The summed E-state index contributed by atoms with van der Waals surface area (Å²) in [5.41, 5.74) is 0.829. The Balaban J connectivity index is 1.52. The number of rotatable bonds is 7. The molecule has 0 saturated carbocycles. The van der Waals surface area contributed by atoms with Crippen LogP contribution < -0.4 is 14.4 Å². The fourth-order valence-corrected chi connectivity index (χ4v) is 4.94. The number of benzene rings is 2. The topological polar surface area (TPSA) is 59.1 Å². The van der Waals surface area contributed by atoms with Crippen LogP contribution in [-0.2, 0) is 9.59 Å². The van der Waals surface area contributed by atoms with Gasteiger partial charge in [-0.05, 0) is 55.7 Å². The normalized spacial score (nSPS) is 17.2. The summed E-state index contributed by atoms with van der Waals surface area (Å²) in [7, 11) is 0. The van der Waals surface area contributed by atoms with Crippen molar-refractivity contribution in [2.45, 2.75) is 19.8 Å². The van der Waals surface area contributed by atoms with E-state index in [4.69, 9.17) is 21.7 Å². The quantitative estimate of drug-likeness (QED) is 0.420. The van der Waals surface area contributed by atoms with Gasteiger partial charge in [0.15, 0.2) is 22.4 Å². The van der Waals surface area contributed by atoms with E-state index < -0.39 is 5.82 Å². The zero-order chi connectivity index (χ0) is 23.4. The van der Waals surface area contributed by atoms with Gasteiger partial charge in [-0.1, -0.05) is 42.2 Å². The summed E-state index contributed by atoms with van der Waals surface area (Å²) >= 11 is 6.44. The third-order valence-corrected chi connectivity index (χ3v) is 6.56. The second-order valence-electron chi connectivity index (χ2n) is 7.48. The maximum Gasteiger partial charge on any atom is 0.270 e. The molecule has 0 aliphatic carbocycles. The van der Waals surface area contributed by atoms with Crippen molar-refractivity contribution < 1.29 is 23.5 Å². The Morgan fingerprint density at radius 3 is 2.64 bits per heavy atom. The summed E-state index contributed by atoms with van der Waals surface area (Å²) in [6.07, 6.45) is 3.73. The number of amides is 2. The van der Waals surface area contributed by atoms with Crippen molar-refractivity contribution in [1.29, 1.82) is 0 Å². The van der Waals surface area contributed by atoms with E-state index in [1.54, 1.807) is 41.3 Å². The molecule has 172 valence electrons. The Morgan fingerprint density at radius 1 is 1.15 bits per heavy atom. The lowest BCUT2D eigenvalue weighted by Gasteiger charge is -2.17. The molecule has 0 radical (unpaired) electrons. The van der Waals surface area contributed by atoms with E-state index in [1.807, 2.05) is 6.92 Å².